The van der Waals surface area contributed by atoms with Gasteiger partial charge < -0.3 is 33.8 Å². The van der Waals surface area contributed by atoms with E-state index in [9.17, 15) is 43.2 Å². The van der Waals surface area contributed by atoms with E-state index in [2.05, 4.69) is 41.5 Å². The van der Waals surface area contributed by atoms with Crippen LogP contribution in [-0.2, 0) is 65.4 Å². The van der Waals surface area contributed by atoms with Gasteiger partial charge in [-0.05, 0) is 37.5 Å². The highest BCUT2D eigenvalue weighted by atomic mass is 31.2. The van der Waals surface area contributed by atoms with Crippen LogP contribution in [0, 0.1) is 11.8 Å². The van der Waals surface area contributed by atoms with Gasteiger partial charge in [0.25, 0.3) is 0 Å². The number of rotatable bonds is 81. The minimum absolute atomic E-state index is 0.106. The third-order valence-electron chi connectivity index (χ3n) is 19.2. The highest BCUT2D eigenvalue weighted by Gasteiger charge is 2.30. The van der Waals surface area contributed by atoms with Gasteiger partial charge in [0.15, 0.2) is 12.2 Å². The maximum Gasteiger partial charge on any atom is 0.472 e. The van der Waals surface area contributed by atoms with Crippen LogP contribution >= 0.6 is 15.6 Å². The first-order valence-electron chi connectivity index (χ1n) is 42.5. The van der Waals surface area contributed by atoms with E-state index in [-0.39, 0.29) is 25.7 Å². The molecule has 0 saturated carbocycles. The summed E-state index contributed by atoms with van der Waals surface area (Å²) in [7, 11) is -9.92. The summed E-state index contributed by atoms with van der Waals surface area (Å²) in [6.07, 6.45) is 63.8. The van der Waals surface area contributed by atoms with E-state index >= 15 is 0 Å². The molecule has 0 heterocycles. The Hall–Kier alpha value is -1.94. The Morgan fingerprint density at radius 1 is 0.267 bits per heavy atom. The average Bonchev–Trinajstić information content (AvgIpc) is 0.963. The minimum Gasteiger partial charge on any atom is -0.462 e. The molecule has 0 aromatic rings. The number of unbranched alkanes of at least 4 members (excludes halogenated alkanes) is 51. The predicted molar refractivity (Wildman–Crippen MR) is 414 cm³/mol. The summed E-state index contributed by atoms with van der Waals surface area (Å²) in [5.74, 6) is -0.564. The van der Waals surface area contributed by atoms with Crippen LogP contribution in [0.5, 0.6) is 0 Å². The lowest BCUT2D eigenvalue weighted by Crippen LogP contribution is -2.30. The number of aliphatic hydroxyl groups is 1. The van der Waals surface area contributed by atoms with Crippen molar-refractivity contribution in [3.8, 4) is 0 Å². The van der Waals surface area contributed by atoms with Crippen LogP contribution in [0.15, 0.2) is 0 Å². The number of esters is 4. The van der Waals surface area contributed by atoms with E-state index in [0.29, 0.717) is 25.7 Å². The van der Waals surface area contributed by atoms with Crippen molar-refractivity contribution < 1.29 is 80.2 Å². The second kappa shape index (κ2) is 73.6. The molecule has 0 aliphatic heterocycles. The third-order valence-corrected chi connectivity index (χ3v) is 21.1. The zero-order valence-corrected chi connectivity index (χ0v) is 68.0. The van der Waals surface area contributed by atoms with Gasteiger partial charge in [-0.1, -0.05) is 382 Å². The lowest BCUT2D eigenvalue weighted by Gasteiger charge is -2.21. The second-order valence-electron chi connectivity index (χ2n) is 30.5. The molecule has 0 aliphatic rings. The SMILES string of the molecule is CCCCCCCCCCCCCCCCCCCCCC(=O)O[C@H](COC(=O)CCCCCCCCCCCCCCCCCC(C)C)COP(=O)(O)OC[C@@H](O)COP(=O)(O)OC[C@@H](COC(=O)CCCCCCCCCCCCCC)OC(=O)CCCCCCCCCCCC(C)C. The molecule has 600 valence electrons. The van der Waals surface area contributed by atoms with Gasteiger partial charge in [-0.3, -0.25) is 37.3 Å². The molecule has 2 unspecified atom stereocenters. The molecule has 0 amide bonds. The molecule has 3 N–H and O–H groups in total. The molecular formula is C82H160O17P2. The molecule has 0 aromatic heterocycles. The van der Waals surface area contributed by atoms with Crippen molar-refractivity contribution in [3.05, 3.63) is 0 Å². The molecule has 0 aromatic carbocycles. The topological polar surface area (TPSA) is 237 Å². The van der Waals surface area contributed by atoms with Crippen LogP contribution in [0.2, 0.25) is 0 Å². The number of ether oxygens (including phenoxy) is 4. The molecular weight excluding hydrogens is 1320 g/mol. The minimum atomic E-state index is -4.96. The molecule has 5 atom stereocenters. The fourth-order valence-corrected chi connectivity index (χ4v) is 14.3. The summed E-state index contributed by atoms with van der Waals surface area (Å²) >= 11 is 0. The van der Waals surface area contributed by atoms with E-state index in [1.165, 1.54) is 250 Å². The smallest absolute Gasteiger partial charge is 0.462 e. The monoisotopic (exact) mass is 1480 g/mol. The first-order chi connectivity index (χ1) is 48.9. The Balaban J connectivity index is 5.24. The Morgan fingerprint density at radius 2 is 0.455 bits per heavy atom. The molecule has 0 fully saturated rings. The Morgan fingerprint density at radius 3 is 0.673 bits per heavy atom. The standard InChI is InChI=1S/C82H160O17P2/c1-7-9-11-13-15-17-19-21-22-23-24-25-28-32-36-42-48-54-60-66-81(86)98-77(70-93-80(85)65-59-53-47-41-35-31-29-26-27-30-33-38-44-50-56-62-74(3)4)72-96-100(88,89)94-68-76(83)69-95-101(90,91)97-73-78(99-82(87)67-61-55-49-43-37-39-45-51-57-63-75(5)6)71-92-79(84)64-58-52-46-40-34-20-18-16-14-12-10-8-2/h74-78,83H,7-73H2,1-6H3,(H,88,89)(H,90,91)/t76-,77-,78-/m1/s1. The number of phosphoric acid groups is 2. The summed E-state index contributed by atoms with van der Waals surface area (Å²) in [6.45, 7) is 9.65. The number of carbonyl (C=O) groups excluding carboxylic acids is 4. The largest absolute Gasteiger partial charge is 0.472 e. The molecule has 0 radical (unpaired) electrons. The molecule has 0 aliphatic carbocycles. The van der Waals surface area contributed by atoms with Crippen molar-refractivity contribution in [1.29, 1.82) is 0 Å². The van der Waals surface area contributed by atoms with E-state index < -0.39 is 97.5 Å². The van der Waals surface area contributed by atoms with E-state index in [1.807, 2.05) is 0 Å². The van der Waals surface area contributed by atoms with Gasteiger partial charge in [0.2, 0.25) is 0 Å². The highest BCUT2D eigenvalue weighted by Crippen LogP contribution is 2.45. The number of carbonyl (C=O) groups is 4. The summed E-state index contributed by atoms with van der Waals surface area (Å²) in [6, 6.07) is 0. The molecule has 19 heteroatoms. The zero-order chi connectivity index (χ0) is 74.2. The van der Waals surface area contributed by atoms with E-state index in [4.69, 9.17) is 37.0 Å². The van der Waals surface area contributed by atoms with Crippen LogP contribution in [0.4, 0.5) is 0 Å². The fourth-order valence-electron chi connectivity index (χ4n) is 12.7. The van der Waals surface area contributed by atoms with Crippen molar-refractivity contribution >= 4 is 39.5 Å². The predicted octanol–water partition coefficient (Wildman–Crippen LogP) is 24.7. The molecule has 101 heavy (non-hydrogen) atoms. The number of aliphatic hydroxyl groups excluding tert-OH is 1. The van der Waals surface area contributed by atoms with Gasteiger partial charge >= 0.3 is 39.5 Å². The molecule has 0 saturated heterocycles. The van der Waals surface area contributed by atoms with Gasteiger partial charge in [-0.15, -0.1) is 0 Å². The van der Waals surface area contributed by atoms with E-state index in [0.717, 1.165) is 102 Å². The van der Waals surface area contributed by atoms with Crippen molar-refractivity contribution in [3.63, 3.8) is 0 Å². The van der Waals surface area contributed by atoms with Crippen LogP contribution in [0.25, 0.3) is 0 Å². The third kappa shape index (κ3) is 76.1. The summed E-state index contributed by atoms with van der Waals surface area (Å²) in [5, 5.41) is 10.6. The van der Waals surface area contributed by atoms with Crippen molar-refractivity contribution in [2.24, 2.45) is 11.8 Å². The quantitative estimate of drug-likeness (QED) is 0.0222. The summed E-state index contributed by atoms with van der Waals surface area (Å²) in [5.41, 5.74) is 0. The Bertz CT molecular complexity index is 1940. The molecule has 0 rings (SSSR count). The average molecular weight is 1480 g/mol. The highest BCUT2D eigenvalue weighted by molar-refractivity contribution is 7.47. The van der Waals surface area contributed by atoms with Crippen LogP contribution < -0.4 is 0 Å². The molecule has 0 bridgehead atoms. The van der Waals surface area contributed by atoms with Crippen LogP contribution in [-0.4, -0.2) is 96.7 Å². The normalized spacial score (nSPS) is 13.9. The lowest BCUT2D eigenvalue weighted by molar-refractivity contribution is -0.161. The maximum atomic E-state index is 13.1. The fraction of sp³-hybridized carbons (Fsp3) is 0.951. The Kier molecular flexibility index (Phi) is 72.2. The van der Waals surface area contributed by atoms with Crippen LogP contribution in [0.3, 0.4) is 0 Å². The summed E-state index contributed by atoms with van der Waals surface area (Å²) in [4.78, 5) is 73.1. The lowest BCUT2D eigenvalue weighted by atomic mass is 10.0. The first-order valence-corrected chi connectivity index (χ1v) is 45.5. The number of hydrogen-bond acceptors (Lipinski definition) is 15. The van der Waals surface area contributed by atoms with Gasteiger partial charge in [0.05, 0.1) is 26.4 Å². The molecule has 0 spiro atoms. The van der Waals surface area contributed by atoms with Crippen LogP contribution in [0.1, 0.15) is 433 Å². The second-order valence-corrected chi connectivity index (χ2v) is 33.4. The summed E-state index contributed by atoms with van der Waals surface area (Å²) < 4.78 is 68.8. The number of hydrogen-bond donors (Lipinski definition) is 3. The first kappa shape index (κ1) is 99.1. The van der Waals surface area contributed by atoms with Crippen molar-refractivity contribution in [2.45, 2.75) is 452 Å². The number of phosphoric ester groups is 2. The zero-order valence-electron chi connectivity index (χ0n) is 66.2. The maximum absolute atomic E-state index is 13.1. The Labute approximate surface area is 619 Å². The van der Waals surface area contributed by atoms with E-state index in [1.54, 1.807) is 0 Å². The van der Waals surface area contributed by atoms with Gasteiger partial charge in [-0.25, -0.2) is 9.13 Å². The van der Waals surface area contributed by atoms with Gasteiger partial charge in [-0.2, -0.15) is 0 Å². The van der Waals surface area contributed by atoms with Gasteiger partial charge in [0.1, 0.15) is 19.3 Å². The van der Waals surface area contributed by atoms with Crippen molar-refractivity contribution in [2.75, 3.05) is 39.6 Å². The van der Waals surface area contributed by atoms with Gasteiger partial charge in [0, 0.05) is 25.7 Å². The molecule has 17 nitrogen and oxygen atoms in total. The van der Waals surface area contributed by atoms with Crippen molar-refractivity contribution in [1.82, 2.24) is 0 Å².